The van der Waals surface area contributed by atoms with Crippen molar-refractivity contribution < 1.29 is 9.59 Å². The lowest BCUT2D eigenvalue weighted by Gasteiger charge is -2.22. The van der Waals surface area contributed by atoms with Crippen molar-refractivity contribution in [2.45, 2.75) is 32.4 Å². The Morgan fingerprint density at radius 2 is 2.00 bits per heavy atom. The Labute approximate surface area is 218 Å². The number of likely N-dealkylation sites (N-methyl/N-ethyl adjacent to an activating group) is 3. The first kappa shape index (κ1) is 25.2. The third-order valence-corrected chi connectivity index (χ3v) is 7.56. The molecule has 2 N–H and O–H groups in total. The Kier molecular flexibility index (Phi) is 7.17. The van der Waals surface area contributed by atoms with Gasteiger partial charge in [0.2, 0.25) is 5.91 Å². The predicted octanol–water partition coefficient (Wildman–Crippen LogP) is 2.87. The minimum Gasteiger partial charge on any atom is -0.373 e. The smallest absolute Gasteiger partial charge is 0.251 e. The minimum absolute atomic E-state index is 0.0870. The highest BCUT2D eigenvalue weighted by Gasteiger charge is 2.25. The van der Waals surface area contributed by atoms with Crippen LogP contribution in [-0.2, 0) is 11.3 Å². The van der Waals surface area contributed by atoms with Crippen molar-refractivity contribution in [1.82, 2.24) is 24.7 Å². The van der Waals surface area contributed by atoms with Crippen LogP contribution in [0.25, 0.3) is 22.4 Å². The summed E-state index contributed by atoms with van der Waals surface area (Å²) in [6, 6.07) is 12.0. The van der Waals surface area contributed by atoms with Gasteiger partial charge in [0, 0.05) is 49.5 Å². The van der Waals surface area contributed by atoms with E-state index in [0.717, 1.165) is 60.9 Å². The van der Waals surface area contributed by atoms with E-state index < -0.39 is 0 Å². The summed E-state index contributed by atoms with van der Waals surface area (Å²) in [6.45, 7) is 6.92. The van der Waals surface area contributed by atoms with Crippen molar-refractivity contribution in [2.24, 2.45) is 0 Å². The molecule has 0 spiro atoms. The first-order valence-corrected chi connectivity index (χ1v) is 13.2. The van der Waals surface area contributed by atoms with E-state index in [1.54, 1.807) is 0 Å². The third kappa shape index (κ3) is 5.19. The van der Waals surface area contributed by atoms with Crippen molar-refractivity contribution in [3.05, 3.63) is 42.0 Å². The molecule has 2 aliphatic rings. The highest BCUT2D eigenvalue weighted by atomic mass is 16.2. The van der Waals surface area contributed by atoms with Crippen LogP contribution in [0.5, 0.6) is 0 Å². The molecule has 1 aromatic heterocycles. The van der Waals surface area contributed by atoms with Crippen LogP contribution in [0.3, 0.4) is 0 Å². The lowest BCUT2D eigenvalue weighted by molar-refractivity contribution is -0.116. The lowest BCUT2D eigenvalue weighted by atomic mass is 10.1. The standard InChI is InChI=1S/C28H37N7O2/c1-5-34-12-6-7-21(34)17-29-28(37)19-8-11-25-24(15-19)31-27-22-16-20(33(4)14-13-32(2)3)9-10-23(22)30-26(36)18-35(25)27/h8-11,15-16,21H,5-7,12-14,17-18H2,1-4H3,(H,29,37)(H,30,36). The van der Waals surface area contributed by atoms with Crippen molar-refractivity contribution >= 4 is 34.2 Å². The Morgan fingerprint density at radius 1 is 1.16 bits per heavy atom. The molecule has 2 aliphatic heterocycles. The molecular formula is C28H37N7O2. The van der Waals surface area contributed by atoms with Gasteiger partial charge in [-0.1, -0.05) is 6.92 Å². The summed E-state index contributed by atoms with van der Waals surface area (Å²) in [5, 5.41) is 6.14. The molecule has 3 heterocycles. The molecule has 1 unspecified atom stereocenters. The largest absolute Gasteiger partial charge is 0.373 e. The van der Waals surface area contributed by atoms with Gasteiger partial charge in [-0.3, -0.25) is 14.5 Å². The van der Waals surface area contributed by atoms with E-state index >= 15 is 0 Å². The topological polar surface area (TPSA) is 85.7 Å². The number of imidazole rings is 1. The number of anilines is 2. The highest BCUT2D eigenvalue weighted by Crippen LogP contribution is 2.35. The average molecular weight is 504 g/mol. The number of amides is 2. The van der Waals surface area contributed by atoms with Crippen molar-refractivity contribution in [2.75, 3.05) is 64.1 Å². The number of hydrogen-bond donors (Lipinski definition) is 2. The lowest BCUT2D eigenvalue weighted by Crippen LogP contribution is -2.40. The first-order valence-electron chi connectivity index (χ1n) is 13.2. The van der Waals surface area contributed by atoms with Gasteiger partial charge < -0.3 is 25.0 Å². The molecule has 1 atom stereocenters. The number of hydrogen-bond acceptors (Lipinski definition) is 6. The zero-order chi connectivity index (χ0) is 26.1. The Morgan fingerprint density at radius 3 is 2.78 bits per heavy atom. The molecule has 0 aliphatic carbocycles. The second-order valence-corrected chi connectivity index (χ2v) is 10.4. The summed E-state index contributed by atoms with van der Waals surface area (Å²) < 4.78 is 1.94. The Hall–Kier alpha value is -3.43. The number of fused-ring (bicyclic) bond motifs is 5. The molecule has 196 valence electrons. The molecule has 5 rings (SSSR count). The SMILES string of the molecule is CCN1CCCC1CNC(=O)c1ccc2c(c1)nc1n2CC(=O)Nc2ccc(N(C)CCN(C)C)cc2-1. The van der Waals surface area contributed by atoms with E-state index in [0.29, 0.717) is 23.7 Å². The minimum atomic E-state index is -0.0909. The maximum absolute atomic E-state index is 13.0. The van der Waals surface area contributed by atoms with E-state index in [4.69, 9.17) is 4.98 Å². The van der Waals surface area contributed by atoms with Crippen LogP contribution < -0.4 is 15.5 Å². The predicted molar refractivity (Wildman–Crippen MR) is 148 cm³/mol. The number of carbonyl (C=O) groups excluding carboxylic acids is 2. The molecule has 2 amide bonds. The van der Waals surface area contributed by atoms with E-state index in [9.17, 15) is 9.59 Å². The van der Waals surface area contributed by atoms with Gasteiger partial charge >= 0.3 is 0 Å². The van der Waals surface area contributed by atoms with Crippen molar-refractivity contribution in [3.8, 4) is 11.4 Å². The Bertz CT molecular complexity index is 1320. The summed E-state index contributed by atoms with van der Waals surface area (Å²) in [5.74, 6) is 0.552. The molecule has 2 aromatic carbocycles. The zero-order valence-electron chi connectivity index (χ0n) is 22.3. The summed E-state index contributed by atoms with van der Waals surface area (Å²) in [5.41, 5.74) is 4.83. The van der Waals surface area contributed by atoms with Gasteiger partial charge in [-0.05, 0) is 76.4 Å². The van der Waals surface area contributed by atoms with E-state index in [1.165, 1.54) is 6.42 Å². The number of nitrogens with one attached hydrogen (secondary N) is 2. The van der Waals surface area contributed by atoms with Gasteiger partial charge in [0.15, 0.2) is 0 Å². The van der Waals surface area contributed by atoms with Gasteiger partial charge in [-0.15, -0.1) is 0 Å². The number of nitrogens with zero attached hydrogens (tertiary/aromatic N) is 5. The van der Waals surface area contributed by atoms with Gasteiger partial charge in [0.05, 0.1) is 16.7 Å². The van der Waals surface area contributed by atoms with Crippen LogP contribution in [0.4, 0.5) is 11.4 Å². The molecular weight excluding hydrogens is 466 g/mol. The maximum Gasteiger partial charge on any atom is 0.251 e. The van der Waals surface area contributed by atoms with Gasteiger partial charge in [0.25, 0.3) is 5.91 Å². The van der Waals surface area contributed by atoms with Crippen LogP contribution >= 0.6 is 0 Å². The molecule has 1 saturated heterocycles. The quantitative estimate of drug-likeness (QED) is 0.492. The normalized spacial score (nSPS) is 17.4. The fraction of sp³-hybridized carbons (Fsp3) is 0.464. The molecule has 1 fully saturated rings. The van der Waals surface area contributed by atoms with Gasteiger partial charge in [0.1, 0.15) is 12.4 Å². The van der Waals surface area contributed by atoms with Crippen LogP contribution in [0.1, 0.15) is 30.1 Å². The van der Waals surface area contributed by atoms with Crippen molar-refractivity contribution in [1.29, 1.82) is 0 Å². The fourth-order valence-corrected chi connectivity index (χ4v) is 5.37. The Balaban J connectivity index is 1.43. The van der Waals surface area contributed by atoms with Gasteiger partial charge in [-0.2, -0.15) is 0 Å². The molecule has 9 heteroatoms. The third-order valence-electron chi connectivity index (χ3n) is 7.56. The van der Waals surface area contributed by atoms with Crippen LogP contribution in [0, 0.1) is 0 Å². The van der Waals surface area contributed by atoms with Crippen LogP contribution in [0.15, 0.2) is 36.4 Å². The number of rotatable bonds is 8. The fourth-order valence-electron chi connectivity index (χ4n) is 5.37. The molecule has 37 heavy (non-hydrogen) atoms. The summed E-state index contributed by atoms with van der Waals surface area (Å²) >= 11 is 0. The molecule has 0 bridgehead atoms. The average Bonchev–Trinajstić information content (AvgIpc) is 3.46. The van der Waals surface area contributed by atoms with Crippen LogP contribution in [0.2, 0.25) is 0 Å². The van der Waals surface area contributed by atoms with Crippen molar-refractivity contribution in [3.63, 3.8) is 0 Å². The van der Waals surface area contributed by atoms with Crippen LogP contribution in [-0.4, -0.2) is 91.1 Å². The number of aromatic nitrogens is 2. The maximum atomic E-state index is 13.0. The summed E-state index contributed by atoms with van der Waals surface area (Å²) in [4.78, 5) is 37.4. The highest BCUT2D eigenvalue weighted by molar-refractivity contribution is 6.01. The second kappa shape index (κ2) is 10.5. The second-order valence-electron chi connectivity index (χ2n) is 10.4. The molecule has 0 saturated carbocycles. The van der Waals surface area contributed by atoms with E-state index in [1.807, 2.05) is 34.9 Å². The number of likely N-dealkylation sites (tertiary alicyclic amines) is 1. The van der Waals surface area contributed by atoms with E-state index in [-0.39, 0.29) is 18.4 Å². The van der Waals surface area contributed by atoms with Gasteiger partial charge in [-0.25, -0.2) is 4.98 Å². The zero-order valence-corrected chi connectivity index (χ0v) is 22.3. The monoisotopic (exact) mass is 503 g/mol. The number of carbonyl (C=O) groups is 2. The molecule has 0 radical (unpaired) electrons. The summed E-state index contributed by atoms with van der Waals surface area (Å²) in [7, 11) is 6.19. The molecule has 3 aromatic rings. The summed E-state index contributed by atoms with van der Waals surface area (Å²) in [6.07, 6.45) is 2.30. The first-order chi connectivity index (χ1) is 17.8. The van der Waals surface area contributed by atoms with E-state index in [2.05, 4.69) is 59.5 Å². The molecule has 9 nitrogen and oxygen atoms in total. The number of benzene rings is 2.